The van der Waals surface area contributed by atoms with E-state index in [2.05, 4.69) is 5.92 Å². The summed E-state index contributed by atoms with van der Waals surface area (Å²) in [5, 5.41) is 8.86. The molecule has 0 spiro atoms. The number of carboxylic acid groups (broad SMARTS) is 1. The van der Waals surface area contributed by atoms with Gasteiger partial charge in [-0.25, -0.2) is 9.18 Å². The molecule has 0 saturated heterocycles. The molecule has 0 bridgehead atoms. The number of benzene rings is 1. The molecule has 0 heterocycles. The zero-order valence-electron chi connectivity index (χ0n) is 8.37. The maximum atomic E-state index is 13.0. The van der Waals surface area contributed by atoms with Crippen LogP contribution in [0.15, 0.2) is 12.1 Å². The molecular weight excluding hydrogens is 213 g/mol. The molecule has 0 radical (unpaired) electrons. The van der Waals surface area contributed by atoms with Crippen molar-refractivity contribution in [3.05, 3.63) is 23.5 Å². The number of nitrogens with two attached hydrogens (primary N) is 1. The first-order valence-electron chi connectivity index (χ1n) is 4.45. The van der Waals surface area contributed by atoms with E-state index in [0.29, 0.717) is 6.42 Å². The number of hydrogen-bond acceptors (Lipinski definition) is 3. The number of terminal acetylenes is 1. The fourth-order valence-corrected chi connectivity index (χ4v) is 1.13. The first kappa shape index (κ1) is 11.9. The van der Waals surface area contributed by atoms with Gasteiger partial charge in [0.05, 0.1) is 12.3 Å². The van der Waals surface area contributed by atoms with Crippen molar-refractivity contribution in [3.8, 4) is 18.1 Å². The molecule has 4 nitrogen and oxygen atoms in total. The summed E-state index contributed by atoms with van der Waals surface area (Å²) in [6, 6.07) is 2.26. The standard InChI is InChI=1S/C11H10FNO3/c1-2-3-6-16-8-5-4-7(12)10(13)9(8)11(14)15/h1,4-5H,3,6,13H2,(H,14,15). The van der Waals surface area contributed by atoms with E-state index < -0.39 is 17.5 Å². The van der Waals surface area contributed by atoms with E-state index in [1.807, 2.05) is 0 Å². The lowest BCUT2D eigenvalue weighted by atomic mass is 10.1. The van der Waals surface area contributed by atoms with Crippen LogP contribution in [0, 0.1) is 18.2 Å². The summed E-state index contributed by atoms with van der Waals surface area (Å²) >= 11 is 0. The summed E-state index contributed by atoms with van der Waals surface area (Å²) in [6.45, 7) is 0.155. The van der Waals surface area contributed by atoms with Gasteiger partial charge in [0.25, 0.3) is 0 Å². The lowest BCUT2D eigenvalue weighted by Crippen LogP contribution is -2.09. The molecule has 5 heteroatoms. The molecule has 3 N–H and O–H groups in total. The maximum Gasteiger partial charge on any atom is 0.341 e. The lowest BCUT2D eigenvalue weighted by molar-refractivity contribution is 0.0693. The predicted molar refractivity (Wildman–Crippen MR) is 56.7 cm³/mol. The Morgan fingerprint density at radius 2 is 2.31 bits per heavy atom. The summed E-state index contributed by atoms with van der Waals surface area (Å²) in [5.41, 5.74) is 4.50. The van der Waals surface area contributed by atoms with E-state index in [-0.39, 0.29) is 17.9 Å². The smallest absolute Gasteiger partial charge is 0.341 e. The Bertz CT molecular complexity index is 451. The summed E-state index contributed by atoms with van der Waals surface area (Å²) in [4.78, 5) is 10.9. The van der Waals surface area contributed by atoms with E-state index in [9.17, 15) is 9.18 Å². The molecule has 1 rings (SSSR count). The summed E-state index contributed by atoms with van der Waals surface area (Å²) in [6.07, 6.45) is 5.34. The second-order valence-corrected chi connectivity index (χ2v) is 2.94. The molecular formula is C11H10FNO3. The van der Waals surface area contributed by atoms with Crippen molar-refractivity contribution >= 4 is 11.7 Å². The monoisotopic (exact) mass is 223 g/mol. The molecule has 1 aromatic carbocycles. The lowest BCUT2D eigenvalue weighted by Gasteiger charge is -2.10. The Labute approximate surface area is 91.8 Å². The number of ether oxygens (including phenoxy) is 1. The van der Waals surface area contributed by atoms with Crippen molar-refractivity contribution in [1.29, 1.82) is 0 Å². The highest BCUT2D eigenvalue weighted by atomic mass is 19.1. The summed E-state index contributed by atoms with van der Waals surface area (Å²) in [7, 11) is 0. The van der Waals surface area contributed by atoms with Crippen LogP contribution in [0.2, 0.25) is 0 Å². The Kier molecular flexibility index (Phi) is 3.72. The van der Waals surface area contributed by atoms with Gasteiger partial charge in [0.1, 0.15) is 17.1 Å². The third kappa shape index (κ3) is 2.42. The van der Waals surface area contributed by atoms with Gasteiger partial charge in [-0.05, 0) is 12.1 Å². The average Bonchev–Trinajstić information content (AvgIpc) is 2.23. The fourth-order valence-electron chi connectivity index (χ4n) is 1.13. The van der Waals surface area contributed by atoms with Crippen LogP contribution < -0.4 is 10.5 Å². The first-order chi connectivity index (χ1) is 7.57. The van der Waals surface area contributed by atoms with E-state index in [1.165, 1.54) is 6.07 Å². The predicted octanol–water partition coefficient (Wildman–Crippen LogP) is 1.51. The zero-order valence-corrected chi connectivity index (χ0v) is 8.37. The maximum absolute atomic E-state index is 13.0. The number of anilines is 1. The van der Waals surface area contributed by atoms with Crippen molar-refractivity contribution in [2.45, 2.75) is 6.42 Å². The Hall–Kier alpha value is -2.22. The van der Waals surface area contributed by atoms with Gasteiger partial charge in [-0.15, -0.1) is 12.3 Å². The normalized spacial score (nSPS) is 9.50. The van der Waals surface area contributed by atoms with Crippen LogP contribution in [0.5, 0.6) is 5.75 Å². The number of carboxylic acids is 1. The number of rotatable bonds is 4. The van der Waals surface area contributed by atoms with Gasteiger partial charge in [0.15, 0.2) is 0 Å². The van der Waals surface area contributed by atoms with Gasteiger partial charge in [-0.3, -0.25) is 0 Å². The summed E-state index contributed by atoms with van der Waals surface area (Å²) < 4.78 is 18.1. The Morgan fingerprint density at radius 1 is 1.62 bits per heavy atom. The molecule has 0 aliphatic rings. The fraction of sp³-hybridized carbons (Fsp3) is 0.182. The van der Waals surface area contributed by atoms with Gasteiger partial charge in [-0.2, -0.15) is 0 Å². The Morgan fingerprint density at radius 3 is 2.88 bits per heavy atom. The van der Waals surface area contributed by atoms with Crippen LogP contribution in [-0.2, 0) is 0 Å². The molecule has 0 fully saturated rings. The second-order valence-electron chi connectivity index (χ2n) is 2.94. The second kappa shape index (κ2) is 5.03. The number of carbonyl (C=O) groups is 1. The molecule has 84 valence electrons. The van der Waals surface area contributed by atoms with E-state index in [0.717, 1.165) is 6.07 Å². The minimum atomic E-state index is -1.34. The molecule has 0 amide bonds. The minimum absolute atomic E-state index is 0.0154. The SMILES string of the molecule is C#CCCOc1ccc(F)c(N)c1C(=O)O. The number of hydrogen-bond donors (Lipinski definition) is 2. The zero-order chi connectivity index (χ0) is 12.1. The number of halogens is 1. The largest absolute Gasteiger partial charge is 0.492 e. The molecule has 0 aliphatic heterocycles. The molecule has 0 saturated carbocycles. The van der Waals surface area contributed by atoms with Crippen LogP contribution in [0.4, 0.5) is 10.1 Å². The van der Waals surface area contributed by atoms with Gasteiger partial charge in [0.2, 0.25) is 0 Å². The van der Waals surface area contributed by atoms with Crippen LogP contribution in [0.3, 0.4) is 0 Å². The molecule has 1 aromatic rings. The van der Waals surface area contributed by atoms with Crippen molar-refractivity contribution in [3.63, 3.8) is 0 Å². The molecule has 0 atom stereocenters. The van der Waals surface area contributed by atoms with E-state index >= 15 is 0 Å². The van der Waals surface area contributed by atoms with Gasteiger partial charge < -0.3 is 15.6 Å². The van der Waals surface area contributed by atoms with Crippen molar-refractivity contribution in [2.75, 3.05) is 12.3 Å². The topological polar surface area (TPSA) is 72.5 Å². The first-order valence-corrected chi connectivity index (χ1v) is 4.45. The van der Waals surface area contributed by atoms with Gasteiger partial charge in [0, 0.05) is 6.42 Å². The highest BCUT2D eigenvalue weighted by molar-refractivity contribution is 5.96. The van der Waals surface area contributed by atoms with Crippen LogP contribution in [0.25, 0.3) is 0 Å². The molecule has 0 aromatic heterocycles. The average molecular weight is 223 g/mol. The quantitative estimate of drug-likeness (QED) is 0.461. The van der Waals surface area contributed by atoms with Gasteiger partial charge in [-0.1, -0.05) is 0 Å². The minimum Gasteiger partial charge on any atom is -0.492 e. The molecule has 0 unspecified atom stereocenters. The number of aromatic carboxylic acids is 1. The molecule has 0 aliphatic carbocycles. The van der Waals surface area contributed by atoms with E-state index in [4.69, 9.17) is 22.0 Å². The third-order valence-electron chi connectivity index (χ3n) is 1.87. The highest BCUT2D eigenvalue weighted by Gasteiger charge is 2.18. The Balaban J connectivity index is 3.05. The van der Waals surface area contributed by atoms with E-state index in [1.54, 1.807) is 0 Å². The van der Waals surface area contributed by atoms with Crippen LogP contribution >= 0.6 is 0 Å². The van der Waals surface area contributed by atoms with Crippen LogP contribution in [0.1, 0.15) is 16.8 Å². The molecule has 16 heavy (non-hydrogen) atoms. The van der Waals surface area contributed by atoms with Crippen LogP contribution in [-0.4, -0.2) is 17.7 Å². The van der Waals surface area contributed by atoms with Crippen molar-refractivity contribution < 1.29 is 19.0 Å². The third-order valence-corrected chi connectivity index (χ3v) is 1.87. The summed E-state index contributed by atoms with van der Waals surface area (Å²) in [5.74, 6) is 0.220. The highest BCUT2D eigenvalue weighted by Crippen LogP contribution is 2.27. The van der Waals surface area contributed by atoms with Crippen molar-refractivity contribution in [2.24, 2.45) is 0 Å². The van der Waals surface area contributed by atoms with Crippen molar-refractivity contribution in [1.82, 2.24) is 0 Å². The number of nitrogen functional groups attached to an aromatic ring is 1. The van der Waals surface area contributed by atoms with Gasteiger partial charge >= 0.3 is 5.97 Å².